The minimum atomic E-state index is -0.192. The number of aromatic nitrogens is 3. The average molecular weight is 289 g/mol. The highest BCUT2D eigenvalue weighted by atomic mass is 32.1. The minimum absolute atomic E-state index is 0.192. The predicted molar refractivity (Wildman–Crippen MR) is 76.8 cm³/mol. The van der Waals surface area contributed by atoms with E-state index in [0.717, 1.165) is 35.2 Å². The molecule has 0 aliphatic carbocycles. The summed E-state index contributed by atoms with van der Waals surface area (Å²) in [6.45, 7) is 2.15. The van der Waals surface area contributed by atoms with E-state index in [-0.39, 0.29) is 6.10 Å². The highest BCUT2D eigenvalue weighted by Gasteiger charge is 2.18. The SMILES string of the molecule is CCCCC(Oc1ccc2ncsc2c1)c1nnco1. The number of unbranched alkanes of at least 4 members (excludes halogenated alkanes) is 1. The zero-order valence-electron chi connectivity index (χ0n) is 11.2. The van der Waals surface area contributed by atoms with Crippen LogP contribution < -0.4 is 4.74 Å². The van der Waals surface area contributed by atoms with E-state index in [9.17, 15) is 0 Å². The van der Waals surface area contributed by atoms with Crippen molar-refractivity contribution in [2.24, 2.45) is 0 Å². The van der Waals surface area contributed by atoms with Crippen LogP contribution in [0.2, 0.25) is 0 Å². The third-order valence-corrected chi connectivity index (χ3v) is 3.85. The number of ether oxygens (including phenoxy) is 1. The summed E-state index contributed by atoms with van der Waals surface area (Å²) in [7, 11) is 0. The van der Waals surface area contributed by atoms with Crippen molar-refractivity contribution < 1.29 is 9.15 Å². The maximum absolute atomic E-state index is 6.02. The van der Waals surface area contributed by atoms with Gasteiger partial charge in [-0.15, -0.1) is 21.5 Å². The molecule has 20 heavy (non-hydrogen) atoms. The third-order valence-electron chi connectivity index (χ3n) is 3.05. The van der Waals surface area contributed by atoms with Crippen LogP contribution in [0.5, 0.6) is 5.75 Å². The van der Waals surface area contributed by atoms with Gasteiger partial charge in [0, 0.05) is 0 Å². The average Bonchev–Trinajstić information content (AvgIpc) is 3.13. The molecule has 1 aromatic carbocycles. The smallest absolute Gasteiger partial charge is 0.256 e. The van der Waals surface area contributed by atoms with Crippen molar-refractivity contribution in [3.8, 4) is 5.75 Å². The predicted octanol–water partition coefficient (Wildman–Crippen LogP) is 3.99. The van der Waals surface area contributed by atoms with Gasteiger partial charge in [0.1, 0.15) is 5.75 Å². The van der Waals surface area contributed by atoms with E-state index in [0.29, 0.717) is 5.89 Å². The number of thiazole rings is 1. The molecular formula is C14H15N3O2S. The molecule has 1 atom stereocenters. The molecule has 5 nitrogen and oxygen atoms in total. The van der Waals surface area contributed by atoms with Crippen molar-refractivity contribution >= 4 is 21.6 Å². The standard InChI is InChI=1S/C14H15N3O2S/c1-2-3-4-12(14-17-16-8-18-14)19-10-5-6-11-13(7-10)20-9-15-11/h5-9,12H,2-4H2,1H3. The Kier molecular flexibility index (Phi) is 3.92. The minimum Gasteiger partial charge on any atom is -0.481 e. The van der Waals surface area contributed by atoms with Crippen molar-refractivity contribution in [3.63, 3.8) is 0 Å². The van der Waals surface area contributed by atoms with E-state index in [1.165, 1.54) is 6.39 Å². The molecule has 0 aliphatic heterocycles. The lowest BCUT2D eigenvalue weighted by Gasteiger charge is -2.15. The Morgan fingerprint density at radius 1 is 1.40 bits per heavy atom. The van der Waals surface area contributed by atoms with Crippen molar-refractivity contribution in [1.29, 1.82) is 0 Å². The quantitative estimate of drug-likeness (QED) is 0.686. The summed E-state index contributed by atoms with van der Waals surface area (Å²) >= 11 is 1.60. The van der Waals surface area contributed by atoms with Gasteiger partial charge in [-0.05, 0) is 31.0 Å². The summed E-state index contributed by atoms with van der Waals surface area (Å²) in [6, 6.07) is 5.89. The Bertz CT molecular complexity index is 666. The first-order chi connectivity index (χ1) is 9.86. The molecule has 3 aromatic rings. The van der Waals surface area contributed by atoms with Crippen LogP contribution in [0.25, 0.3) is 10.2 Å². The van der Waals surface area contributed by atoms with Gasteiger partial charge in [-0.25, -0.2) is 4.98 Å². The summed E-state index contributed by atoms with van der Waals surface area (Å²) in [5.74, 6) is 1.34. The van der Waals surface area contributed by atoms with E-state index in [2.05, 4.69) is 22.1 Å². The lowest BCUT2D eigenvalue weighted by Crippen LogP contribution is -2.08. The molecule has 2 heterocycles. The molecule has 0 radical (unpaired) electrons. The summed E-state index contributed by atoms with van der Waals surface area (Å²) in [4.78, 5) is 4.26. The fourth-order valence-electron chi connectivity index (χ4n) is 2.02. The molecule has 0 N–H and O–H groups in total. The van der Waals surface area contributed by atoms with Gasteiger partial charge in [0.2, 0.25) is 6.39 Å². The number of nitrogens with zero attached hydrogens (tertiary/aromatic N) is 3. The Hall–Kier alpha value is -1.95. The van der Waals surface area contributed by atoms with Crippen molar-refractivity contribution in [3.05, 3.63) is 36.0 Å². The van der Waals surface area contributed by atoms with Gasteiger partial charge >= 0.3 is 0 Å². The van der Waals surface area contributed by atoms with Crippen LogP contribution in [0, 0.1) is 0 Å². The maximum atomic E-state index is 6.02. The lowest BCUT2D eigenvalue weighted by molar-refractivity contribution is 0.157. The fourth-order valence-corrected chi connectivity index (χ4v) is 2.72. The van der Waals surface area contributed by atoms with Gasteiger partial charge in [-0.1, -0.05) is 13.3 Å². The van der Waals surface area contributed by atoms with Gasteiger partial charge in [0.25, 0.3) is 5.89 Å². The zero-order chi connectivity index (χ0) is 13.8. The second-order valence-corrected chi connectivity index (χ2v) is 5.39. The van der Waals surface area contributed by atoms with Crippen LogP contribution >= 0.6 is 11.3 Å². The van der Waals surface area contributed by atoms with Gasteiger partial charge in [0.15, 0.2) is 6.10 Å². The molecule has 0 amide bonds. The second kappa shape index (κ2) is 6.00. The van der Waals surface area contributed by atoms with E-state index in [4.69, 9.17) is 9.15 Å². The summed E-state index contributed by atoms with van der Waals surface area (Å²) in [5, 5.41) is 7.70. The van der Waals surface area contributed by atoms with E-state index >= 15 is 0 Å². The zero-order valence-corrected chi connectivity index (χ0v) is 12.0. The Balaban J connectivity index is 1.81. The van der Waals surface area contributed by atoms with Crippen LogP contribution in [-0.4, -0.2) is 15.2 Å². The van der Waals surface area contributed by atoms with E-state index in [1.807, 2.05) is 23.7 Å². The summed E-state index contributed by atoms with van der Waals surface area (Å²) in [6.07, 6.45) is 4.16. The normalized spacial score (nSPS) is 12.7. The maximum Gasteiger partial charge on any atom is 0.256 e. The summed E-state index contributed by atoms with van der Waals surface area (Å²) in [5.41, 5.74) is 2.83. The molecule has 0 saturated carbocycles. The first-order valence-corrected chi connectivity index (χ1v) is 7.50. The highest BCUT2D eigenvalue weighted by molar-refractivity contribution is 7.16. The van der Waals surface area contributed by atoms with Crippen molar-refractivity contribution in [2.45, 2.75) is 32.3 Å². The molecule has 6 heteroatoms. The number of hydrogen-bond acceptors (Lipinski definition) is 6. The molecule has 2 aromatic heterocycles. The number of hydrogen-bond donors (Lipinski definition) is 0. The topological polar surface area (TPSA) is 61.0 Å². The van der Waals surface area contributed by atoms with Gasteiger partial charge < -0.3 is 9.15 Å². The van der Waals surface area contributed by atoms with Crippen LogP contribution in [0.15, 0.2) is 34.5 Å². The van der Waals surface area contributed by atoms with Crippen LogP contribution in [-0.2, 0) is 0 Å². The molecule has 1 unspecified atom stereocenters. The fraction of sp³-hybridized carbons (Fsp3) is 0.357. The van der Waals surface area contributed by atoms with Crippen LogP contribution in [0.1, 0.15) is 38.2 Å². The van der Waals surface area contributed by atoms with Crippen LogP contribution in [0.3, 0.4) is 0 Å². The Morgan fingerprint density at radius 3 is 3.15 bits per heavy atom. The Labute approximate surface area is 120 Å². The molecular weight excluding hydrogens is 274 g/mol. The number of benzene rings is 1. The molecule has 0 spiro atoms. The van der Waals surface area contributed by atoms with E-state index < -0.39 is 0 Å². The van der Waals surface area contributed by atoms with Crippen LogP contribution in [0.4, 0.5) is 0 Å². The molecule has 0 aliphatic rings. The molecule has 104 valence electrons. The molecule has 0 fully saturated rings. The largest absolute Gasteiger partial charge is 0.481 e. The number of fused-ring (bicyclic) bond motifs is 1. The number of rotatable bonds is 6. The second-order valence-electron chi connectivity index (χ2n) is 4.51. The monoisotopic (exact) mass is 289 g/mol. The molecule has 0 saturated heterocycles. The van der Waals surface area contributed by atoms with Crippen molar-refractivity contribution in [2.75, 3.05) is 0 Å². The first-order valence-electron chi connectivity index (χ1n) is 6.63. The van der Waals surface area contributed by atoms with Gasteiger partial charge in [-0.2, -0.15) is 0 Å². The molecule has 3 rings (SSSR count). The Morgan fingerprint density at radius 2 is 2.35 bits per heavy atom. The first kappa shape index (κ1) is 13.1. The van der Waals surface area contributed by atoms with E-state index in [1.54, 1.807) is 11.3 Å². The van der Waals surface area contributed by atoms with Crippen molar-refractivity contribution in [1.82, 2.24) is 15.2 Å². The van der Waals surface area contributed by atoms with Gasteiger partial charge in [-0.3, -0.25) is 0 Å². The van der Waals surface area contributed by atoms with Gasteiger partial charge in [0.05, 0.1) is 15.7 Å². The third kappa shape index (κ3) is 2.80. The molecule has 0 bridgehead atoms. The summed E-state index contributed by atoms with van der Waals surface area (Å²) < 4.78 is 12.4. The lowest BCUT2D eigenvalue weighted by atomic mass is 10.1. The highest BCUT2D eigenvalue weighted by Crippen LogP contribution is 2.29.